The Morgan fingerprint density at radius 1 is 1.43 bits per heavy atom. The van der Waals surface area contributed by atoms with Gasteiger partial charge in [-0.3, -0.25) is 4.90 Å². The topological polar surface area (TPSA) is 70.1 Å². The van der Waals surface area contributed by atoms with Crippen LogP contribution in [0.25, 0.3) is 0 Å². The van der Waals surface area contributed by atoms with Gasteiger partial charge in [-0.15, -0.1) is 0 Å². The van der Waals surface area contributed by atoms with Crippen molar-refractivity contribution in [2.24, 2.45) is 0 Å². The van der Waals surface area contributed by atoms with Crippen LogP contribution < -0.4 is 4.90 Å². The number of urea groups is 1. The summed E-state index contributed by atoms with van der Waals surface area (Å²) in [7, 11) is 3.38. The van der Waals surface area contributed by atoms with Crippen LogP contribution in [0.15, 0.2) is 18.2 Å². The molecule has 1 N–H and O–H groups in total. The molecule has 2 amide bonds. The molecule has 21 heavy (non-hydrogen) atoms. The molecule has 1 aliphatic heterocycles. The van der Waals surface area contributed by atoms with E-state index in [9.17, 15) is 9.59 Å². The molecule has 2 rings (SSSR count). The van der Waals surface area contributed by atoms with Crippen molar-refractivity contribution in [2.75, 3.05) is 38.8 Å². The molecule has 1 heterocycles. The molecule has 0 aliphatic carbocycles. The number of hydrogen-bond donors (Lipinski definition) is 1. The van der Waals surface area contributed by atoms with Crippen molar-refractivity contribution >= 4 is 17.7 Å². The standard InChI is InChI=1S/C15H20N2O4/c1-16(7-3-9-21-2)15(20)17-8-6-11-4-5-12(14(18)19)10-13(11)17/h4-5,10H,3,6-9H2,1-2H3,(H,18,19). The first-order valence-corrected chi connectivity index (χ1v) is 6.92. The van der Waals surface area contributed by atoms with E-state index in [1.165, 1.54) is 0 Å². The van der Waals surface area contributed by atoms with Crippen molar-refractivity contribution in [3.63, 3.8) is 0 Å². The summed E-state index contributed by atoms with van der Waals surface area (Å²) in [6.07, 6.45) is 1.53. The van der Waals surface area contributed by atoms with Crippen LogP contribution in [0.1, 0.15) is 22.3 Å². The number of aromatic carboxylic acids is 1. The van der Waals surface area contributed by atoms with E-state index >= 15 is 0 Å². The molecule has 0 saturated heterocycles. The summed E-state index contributed by atoms with van der Waals surface area (Å²) in [6.45, 7) is 1.81. The highest BCUT2D eigenvalue weighted by atomic mass is 16.5. The van der Waals surface area contributed by atoms with Crippen molar-refractivity contribution in [1.29, 1.82) is 0 Å². The third-order valence-corrected chi connectivity index (χ3v) is 3.63. The smallest absolute Gasteiger partial charge is 0.335 e. The quantitative estimate of drug-likeness (QED) is 0.841. The van der Waals surface area contributed by atoms with E-state index in [0.717, 1.165) is 18.4 Å². The maximum absolute atomic E-state index is 12.4. The molecule has 0 spiro atoms. The van der Waals surface area contributed by atoms with Crippen molar-refractivity contribution in [1.82, 2.24) is 4.90 Å². The molecular formula is C15H20N2O4. The van der Waals surface area contributed by atoms with Gasteiger partial charge in [0, 0.05) is 39.5 Å². The van der Waals surface area contributed by atoms with Crippen molar-refractivity contribution < 1.29 is 19.4 Å². The lowest BCUT2D eigenvalue weighted by Crippen LogP contribution is -2.41. The maximum Gasteiger partial charge on any atom is 0.335 e. The number of carbonyl (C=O) groups is 2. The molecule has 1 aliphatic rings. The molecular weight excluding hydrogens is 272 g/mol. The van der Waals surface area contributed by atoms with Crippen LogP contribution in [0, 0.1) is 0 Å². The molecule has 6 nitrogen and oxygen atoms in total. The fourth-order valence-electron chi connectivity index (χ4n) is 2.46. The van der Waals surface area contributed by atoms with Crippen molar-refractivity contribution in [2.45, 2.75) is 12.8 Å². The van der Waals surface area contributed by atoms with Gasteiger partial charge < -0.3 is 14.7 Å². The van der Waals surface area contributed by atoms with E-state index in [1.807, 2.05) is 0 Å². The summed E-state index contributed by atoms with van der Waals surface area (Å²) >= 11 is 0. The zero-order valence-electron chi connectivity index (χ0n) is 12.3. The van der Waals surface area contributed by atoms with Gasteiger partial charge in [-0.05, 0) is 30.5 Å². The largest absolute Gasteiger partial charge is 0.478 e. The van der Waals surface area contributed by atoms with Crippen LogP contribution in [-0.4, -0.2) is 55.9 Å². The number of hydrogen-bond acceptors (Lipinski definition) is 3. The number of carboxylic acids is 1. The number of carboxylic acid groups (broad SMARTS) is 1. The first kappa shape index (κ1) is 15.3. The van der Waals surface area contributed by atoms with Crippen LogP contribution in [0.3, 0.4) is 0 Å². The predicted octanol–water partition coefficient (Wildman–Crippen LogP) is 1.84. The van der Waals surface area contributed by atoms with Gasteiger partial charge in [0.1, 0.15) is 0 Å². The van der Waals surface area contributed by atoms with Gasteiger partial charge in [0.25, 0.3) is 0 Å². The zero-order chi connectivity index (χ0) is 15.4. The number of amides is 2. The molecule has 114 valence electrons. The summed E-state index contributed by atoms with van der Waals surface area (Å²) in [5.41, 5.74) is 1.92. The van der Waals surface area contributed by atoms with Crippen LogP contribution in [-0.2, 0) is 11.2 Å². The van der Waals surface area contributed by atoms with E-state index in [4.69, 9.17) is 9.84 Å². The Morgan fingerprint density at radius 3 is 2.86 bits per heavy atom. The highest BCUT2D eigenvalue weighted by Gasteiger charge is 2.27. The minimum absolute atomic E-state index is 0.104. The average Bonchev–Trinajstić information content (AvgIpc) is 2.89. The van der Waals surface area contributed by atoms with E-state index in [0.29, 0.717) is 25.4 Å². The summed E-state index contributed by atoms with van der Waals surface area (Å²) in [5.74, 6) is -0.981. The first-order valence-electron chi connectivity index (χ1n) is 6.92. The van der Waals surface area contributed by atoms with E-state index in [1.54, 1.807) is 42.2 Å². The summed E-state index contributed by atoms with van der Waals surface area (Å²) < 4.78 is 4.98. The Balaban J connectivity index is 2.12. The van der Waals surface area contributed by atoms with Gasteiger partial charge in [-0.2, -0.15) is 0 Å². The van der Waals surface area contributed by atoms with Crippen molar-refractivity contribution in [3.8, 4) is 0 Å². The number of ether oxygens (including phenoxy) is 1. The van der Waals surface area contributed by atoms with Gasteiger partial charge in [-0.1, -0.05) is 6.07 Å². The van der Waals surface area contributed by atoms with E-state index < -0.39 is 5.97 Å². The summed E-state index contributed by atoms with van der Waals surface area (Å²) in [6, 6.07) is 4.84. The molecule has 0 saturated carbocycles. The zero-order valence-corrected chi connectivity index (χ0v) is 12.3. The number of anilines is 1. The van der Waals surface area contributed by atoms with Crippen LogP contribution >= 0.6 is 0 Å². The Kier molecular flexibility index (Phi) is 4.80. The lowest BCUT2D eigenvalue weighted by Gasteiger charge is -2.25. The summed E-state index contributed by atoms with van der Waals surface area (Å²) in [5, 5.41) is 9.07. The molecule has 0 atom stereocenters. The lowest BCUT2D eigenvalue weighted by molar-refractivity contribution is 0.0697. The SMILES string of the molecule is COCCCN(C)C(=O)N1CCc2ccc(C(=O)O)cc21. The predicted molar refractivity (Wildman–Crippen MR) is 79.0 cm³/mol. The second-order valence-corrected chi connectivity index (χ2v) is 5.10. The Hall–Kier alpha value is -2.08. The molecule has 0 unspecified atom stereocenters. The third kappa shape index (κ3) is 3.33. The van der Waals surface area contributed by atoms with Crippen LogP contribution in [0.2, 0.25) is 0 Å². The molecule has 0 aromatic heterocycles. The normalized spacial score (nSPS) is 13.1. The second kappa shape index (κ2) is 6.58. The third-order valence-electron chi connectivity index (χ3n) is 3.63. The first-order chi connectivity index (χ1) is 10.0. The van der Waals surface area contributed by atoms with Crippen molar-refractivity contribution in [3.05, 3.63) is 29.3 Å². The number of carbonyl (C=O) groups excluding carboxylic acids is 1. The minimum Gasteiger partial charge on any atom is -0.478 e. The summed E-state index contributed by atoms with van der Waals surface area (Å²) in [4.78, 5) is 26.8. The fourth-order valence-corrected chi connectivity index (χ4v) is 2.46. The number of methoxy groups -OCH3 is 1. The van der Waals surface area contributed by atoms with E-state index in [2.05, 4.69) is 0 Å². The molecule has 1 aromatic carbocycles. The lowest BCUT2D eigenvalue weighted by atomic mass is 10.1. The number of rotatable bonds is 5. The number of benzene rings is 1. The van der Waals surface area contributed by atoms with Gasteiger partial charge in [0.15, 0.2) is 0 Å². The van der Waals surface area contributed by atoms with Crippen LogP contribution in [0.5, 0.6) is 0 Å². The Morgan fingerprint density at radius 2 is 2.19 bits per heavy atom. The highest BCUT2D eigenvalue weighted by molar-refractivity contribution is 5.96. The maximum atomic E-state index is 12.4. The second-order valence-electron chi connectivity index (χ2n) is 5.10. The molecule has 6 heteroatoms. The number of nitrogens with zero attached hydrogens (tertiary/aromatic N) is 2. The van der Waals surface area contributed by atoms with Gasteiger partial charge in [0.2, 0.25) is 0 Å². The Labute approximate surface area is 123 Å². The van der Waals surface area contributed by atoms with Gasteiger partial charge in [0.05, 0.1) is 5.56 Å². The highest BCUT2D eigenvalue weighted by Crippen LogP contribution is 2.29. The van der Waals surface area contributed by atoms with Gasteiger partial charge >= 0.3 is 12.0 Å². The molecule has 0 radical (unpaired) electrons. The Bertz CT molecular complexity index is 544. The minimum atomic E-state index is -0.981. The molecule has 1 aromatic rings. The average molecular weight is 292 g/mol. The number of fused-ring (bicyclic) bond motifs is 1. The van der Waals surface area contributed by atoms with Gasteiger partial charge in [-0.25, -0.2) is 9.59 Å². The monoisotopic (exact) mass is 292 g/mol. The molecule has 0 fully saturated rings. The van der Waals surface area contributed by atoms with E-state index in [-0.39, 0.29) is 11.6 Å². The van der Waals surface area contributed by atoms with Crippen LogP contribution in [0.4, 0.5) is 10.5 Å². The fraction of sp³-hybridized carbons (Fsp3) is 0.467. The molecule has 0 bridgehead atoms.